The number of rotatable bonds is 4. The number of amides is 2. The molecule has 1 saturated heterocycles. The number of carbonyl (C=O) groups is 2. The number of fused-ring (bicyclic) bond motifs is 1. The maximum absolute atomic E-state index is 12.5. The van der Waals surface area contributed by atoms with E-state index in [9.17, 15) is 9.59 Å². The maximum Gasteiger partial charge on any atom is 0.227 e. The Bertz CT molecular complexity index is 886. The second kappa shape index (κ2) is 7.48. The van der Waals surface area contributed by atoms with Crippen LogP contribution >= 0.6 is 11.6 Å². The van der Waals surface area contributed by atoms with Crippen LogP contribution in [0, 0.1) is 5.92 Å². The van der Waals surface area contributed by atoms with E-state index >= 15 is 0 Å². The number of nitrogens with one attached hydrogen (secondary N) is 1. The molecule has 0 radical (unpaired) electrons. The molecule has 1 N–H and O–H groups in total. The molecule has 4 rings (SSSR count). The summed E-state index contributed by atoms with van der Waals surface area (Å²) in [7, 11) is 0. The molecule has 0 unspecified atom stereocenters. The average Bonchev–Trinajstić information content (AvgIpc) is 3.07. The molecule has 0 aromatic heterocycles. The zero-order valence-electron chi connectivity index (χ0n) is 14.6. The van der Waals surface area contributed by atoms with Gasteiger partial charge in [0.05, 0.1) is 5.92 Å². The lowest BCUT2D eigenvalue weighted by Gasteiger charge is -2.22. The van der Waals surface area contributed by atoms with Gasteiger partial charge in [-0.15, -0.1) is 0 Å². The number of carbonyl (C=O) groups excluding carboxylic acids is 2. The van der Waals surface area contributed by atoms with Crippen LogP contribution in [-0.2, 0) is 16.1 Å². The van der Waals surface area contributed by atoms with Crippen LogP contribution in [0.4, 0.5) is 5.69 Å². The summed E-state index contributed by atoms with van der Waals surface area (Å²) in [4.78, 5) is 26.6. The van der Waals surface area contributed by atoms with Gasteiger partial charge in [-0.2, -0.15) is 0 Å². The minimum absolute atomic E-state index is 0.0745. The van der Waals surface area contributed by atoms with Crippen molar-refractivity contribution in [2.24, 2.45) is 5.92 Å². The lowest BCUT2D eigenvalue weighted by molar-refractivity contribution is -0.126. The summed E-state index contributed by atoms with van der Waals surface area (Å²) < 4.78 is 11.1. The van der Waals surface area contributed by atoms with Gasteiger partial charge in [0.15, 0.2) is 11.5 Å². The predicted octanol–water partition coefficient (Wildman–Crippen LogP) is 2.78. The predicted molar refractivity (Wildman–Crippen MR) is 101 cm³/mol. The monoisotopic (exact) mass is 386 g/mol. The molecule has 140 valence electrons. The molecule has 2 aromatic carbocycles. The zero-order valence-corrected chi connectivity index (χ0v) is 15.4. The topological polar surface area (TPSA) is 67.9 Å². The number of benzene rings is 2. The number of anilines is 1. The number of ether oxygens (including phenoxy) is 2. The Balaban J connectivity index is 1.40. The smallest absolute Gasteiger partial charge is 0.227 e. The van der Waals surface area contributed by atoms with Crippen molar-refractivity contribution in [3.05, 3.63) is 53.1 Å². The van der Waals surface area contributed by atoms with Crippen LogP contribution < -0.4 is 19.7 Å². The van der Waals surface area contributed by atoms with Gasteiger partial charge in [-0.1, -0.05) is 23.7 Å². The first kappa shape index (κ1) is 17.7. The molecular formula is C20H19ClN2O4. The Kier molecular flexibility index (Phi) is 4.90. The molecule has 0 spiro atoms. The highest BCUT2D eigenvalue weighted by Crippen LogP contribution is 2.36. The first-order chi connectivity index (χ1) is 13.1. The number of halogens is 1. The molecule has 0 bridgehead atoms. The van der Waals surface area contributed by atoms with E-state index < -0.39 is 0 Å². The van der Waals surface area contributed by atoms with Gasteiger partial charge in [0.2, 0.25) is 11.8 Å². The third-order valence-corrected chi connectivity index (χ3v) is 4.92. The second-order valence-electron chi connectivity index (χ2n) is 6.58. The average molecular weight is 387 g/mol. The number of hydrogen-bond donors (Lipinski definition) is 1. The lowest BCUT2D eigenvalue weighted by Crippen LogP contribution is -2.32. The molecule has 2 aliphatic heterocycles. The molecule has 7 heteroatoms. The quantitative estimate of drug-likeness (QED) is 0.877. The summed E-state index contributed by atoms with van der Waals surface area (Å²) in [5.74, 6) is 0.704. The van der Waals surface area contributed by atoms with Gasteiger partial charge in [-0.3, -0.25) is 9.59 Å². The molecule has 1 atom stereocenters. The minimum Gasteiger partial charge on any atom is -0.486 e. The summed E-state index contributed by atoms with van der Waals surface area (Å²) in [6.45, 7) is 1.73. The molecule has 2 aliphatic rings. The van der Waals surface area contributed by atoms with E-state index in [-0.39, 0.29) is 24.2 Å². The fourth-order valence-electron chi connectivity index (χ4n) is 3.31. The van der Waals surface area contributed by atoms with Crippen LogP contribution in [0.25, 0.3) is 0 Å². The maximum atomic E-state index is 12.5. The molecular weight excluding hydrogens is 368 g/mol. The van der Waals surface area contributed by atoms with E-state index in [4.69, 9.17) is 21.1 Å². The Labute approximate surface area is 162 Å². The van der Waals surface area contributed by atoms with Crippen LogP contribution in [0.3, 0.4) is 0 Å². The van der Waals surface area contributed by atoms with Gasteiger partial charge in [-0.05, 0) is 29.8 Å². The first-order valence-corrected chi connectivity index (χ1v) is 9.20. The fraction of sp³-hybridized carbons (Fsp3) is 0.300. The van der Waals surface area contributed by atoms with Crippen LogP contribution in [0.15, 0.2) is 42.5 Å². The second-order valence-corrected chi connectivity index (χ2v) is 7.02. The van der Waals surface area contributed by atoms with Crippen LogP contribution in [0.1, 0.15) is 12.0 Å². The molecule has 2 amide bonds. The summed E-state index contributed by atoms with van der Waals surface area (Å²) in [5.41, 5.74) is 1.64. The standard InChI is InChI=1S/C20H19ClN2O4/c21-15-3-1-2-13(8-15)11-22-20(25)14-9-19(24)23(12-14)16-4-5-17-18(10-16)27-7-6-26-17/h1-5,8,10,14H,6-7,9,11-12H2,(H,22,25)/t14-/m1/s1. The van der Waals surface area contributed by atoms with E-state index in [1.54, 1.807) is 23.1 Å². The molecule has 27 heavy (non-hydrogen) atoms. The van der Waals surface area contributed by atoms with Gasteiger partial charge >= 0.3 is 0 Å². The summed E-state index contributed by atoms with van der Waals surface area (Å²) in [6.07, 6.45) is 0.190. The highest BCUT2D eigenvalue weighted by Gasteiger charge is 2.35. The van der Waals surface area contributed by atoms with Crippen molar-refractivity contribution < 1.29 is 19.1 Å². The van der Waals surface area contributed by atoms with Gasteiger partial charge in [-0.25, -0.2) is 0 Å². The summed E-state index contributed by atoms with van der Waals surface area (Å²) in [5, 5.41) is 3.52. The van der Waals surface area contributed by atoms with Crippen LogP contribution in [0.5, 0.6) is 11.5 Å². The van der Waals surface area contributed by atoms with Gasteiger partial charge < -0.3 is 19.7 Å². The summed E-state index contributed by atoms with van der Waals surface area (Å²) in [6, 6.07) is 12.7. The Morgan fingerprint density at radius 3 is 2.78 bits per heavy atom. The normalized spacial score (nSPS) is 18.5. The van der Waals surface area contributed by atoms with E-state index in [1.807, 2.05) is 24.3 Å². The highest BCUT2D eigenvalue weighted by molar-refractivity contribution is 6.30. The van der Waals surface area contributed by atoms with Gasteiger partial charge in [0.1, 0.15) is 13.2 Å². The third-order valence-electron chi connectivity index (χ3n) is 4.69. The van der Waals surface area contributed by atoms with Crippen molar-refractivity contribution in [2.75, 3.05) is 24.7 Å². The SMILES string of the molecule is O=C(NCc1cccc(Cl)c1)[C@@H]1CC(=O)N(c2ccc3c(c2)OCCO3)C1. The molecule has 2 aromatic rings. The van der Waals surface area contributed by atoms with E-state index in [0.29, 0.717) is 42.8 Å². The zero-order chi connectivity index (χ0) is 18.8. The fourth-order valence-corrected chi connectivity index (χ4v) is 3.53. The van der Waals surface area contributed by atoms with Crippen LogP contribution in [0.2, 0.25) is 5.02 Å². The van der Waals surface area contributed by atoms with Crippen molar-refractivity contribution in [3.8, 4) is 11.5 Å². The minimum atomic E-state index is -0.384. The molecule has 0 saturated carbocycles. The summed E-state index contributed by atoms with van der Waals surface area (Å²) >= 11 is 5.96. The lowest BCUT2D eigenvalue weighted by atomic mass is 10.1. The highest BCUT2D eigenvalue weighted by atomic mass is 35.5. The van der Waals surface area contributed by atoms with E-state index in [2.05, 4.69) is 5.32 Å². The molecule has 6 nitrogen and oxygen atoms in total. The largest absolute Gasteiger partial charge is 0.486 e. The number of hydrogen-bond acceptors (Lipinski definition) is 4. The third kappa shape index (κ3) is 3.85. The molecule has 2 heterocycles. The van der Waals surface area contributed by atoms with Gasteiger partial charge in [0, 0.05) is 36.3 Å². The Hall–Kier alpha value is -2.73. The molecule has 1 fully saturated rings. The van der Waals surface area contributed by atoms with E-state index in [0.717, 1.165) is 11.3 Å². The van der Waals surface area contributed by atoms with Gasteiger partial charge in [0.25, 0.3) is 0 Å². The van der Waals surface area contributed by atoms with Crippen LogP contribution in [-0.4, -0.2) is 31.6 Å². The Morgan fingerprint density at radius 2 is 1.96 bits per heavy atom. The van der Waals surface area contributed by atoms with E-state index in [1.165, 1.54) is 0 Å². The van der Waals surface area contributed by atoms with Crippen molar-refractivity contribution in [1.82, 2.24) is 5.32 Å². The number of nitrogens with zero attached hydrogens (tertiary/aromatic N) is 1. The van der Waals surface area contributed by atoms with Crippen molar-refractivity contribution in [3.63, 3.8) is 0 Å². The van der Waals surface area contributed by atoms with Crippen molar-refractivity contribution >= 4 is 29.1 Å². The molecule has 0 aliphatic carbocycles. The first-order valence-electron chi connectivity index (χ1n) is 8.82. The van der Waals surface area contributed by atoms with Crippen molar-refractivity contribution in [1.29, 1.82) is 0 Å². The Morgan fingerprint density at radius 1 is 1.15 bits per heavy atom. The van der Waals surface area contributed by atoms with Crippen molar-refractivity contribution in [2.45, 2.75) is 13.0 Å².